The molecule has 2 atom stereocenters. The van der Waals surface area contributed by atoms with Crippen LogP contribution >= 0.6 is 0 Å². The first-order valence-corrected chi connectivity index (χ1v) is 10.5. The molecule has 0 fully saturated rings. The molecule has 152 valence electrons. The fourth-order valence-electron chi connectivity index (χ4n) is 3.90. The molecule has 0 amide bonds. The number of rotatable bonds is 9. The summed E-state index contributed by atoms with van der Waals surface area (Å²) in [6.07, 6.45) is 2.76. The minimum Gasteiger partial charge on any atom is -0.477 e. The summed E-state index contributed by atoms with van der Waals surface area (Å²) >= 11 is 0. The Morgan fingerprint density at radius 3 is 1.93 bits per heavy atom. The van der Waals surface area contributed by atoms with Crippen molar-refractivity contribution in [2.24, 2.45) is 4.99 Å². The molecule has 0 saturated heterocycles. The quantitative estimate of drug-likeness (QED) is 0.427. The second kappa shape index (κ2) is 10.0. The van der Waals surface area contributed by atoms with E-state index in [9.17, 15) is 0 Å². The Kier molecular flexibility index (Phi) is 6.73. The van der Waals surface area contributed by atoms with Crippen LogP contribution in [0.1, 0.15) is 29.2 Å². The van der Waals surface area contributed by atoms with Crippen LogP contribution in [0.15, 0.2) is 109 Å². The lowest BCUT2D eigenvalue weighted by molar-refractivity contribution is 0.193. The van der Waals surface area contributed by atoms with Crippen LogP contribution in [0.2, 0.25) is 0 Å². The van der Waals surface area contributed by atoms with Crippen LogP contribution in [0.4, 0.5) is 0 Å². The van der Waals surface area contributed by atoms with Gasteiger partial charge in [-0.2, -0.15) is 0 Å². The molecule has 0 aromatic heterocycles. The minimum atomic E-state index is 0.0524. The predicted octanol–water partition coefficient (Wildman–Crippen LogP) is 5.80. The number of hydrogen-bond acceptors (Lipinski definition) is 3. The molecule has 3 nitrogen and oxygen atoms in total. The number of ether oxygens (including phenoxy) is 1. The van der Waals surface area contributed by atoms with Gasteiger partial charge in [-0.3, -0.25) is 4.90 Å². The summed E-state index contributed by atoms with van der Waals surface area (Å²) in [5.41, 5.74) is 3.75. The van der Waals surface area contributed by atoms with Gasteiger partial charge in [0.15, 0.2) is 0 Å². The number of benzene rings is 3. The maximum atomic E-state index is 6.15. The summed E-state index contributed by atoms with van der Waals surface area (Å²) < 4.78 is 6.15. The summed E-state index contributed by atoms with van der Waals surface area (Å²) in [6.45, 7) is 6.26. The molecule has 3 aromatic rings. The van der Waals surface area contributed by atoms with E-state index in [2.05, 4.69) is 96.4 Å². The lowest BCUT2D eigenvalue weighted by Crippen LogP contribution is -2.40. The smallest absolute Gasteiger partial charge is 0.202 e. The van der Waals surface area contributed by atoms with E-state index in [0.717, 1.165) is 25.4 Å². The van der Waals surface area contributed by atoms with Gasteiger partial charge in [-0.25, -0.2) is 4.99 Å². The third kappa shape index (κ3) is 5.05. The topological polar surface area (TPSA) is 24.8 Å². The van der Waals surface area contributed by atoms with Gasteiger partial charge >= 0.3 is 0 Å². The highest BCUT2D eigenvalue weighted by atomic mass is 16.5. The van der Waals surface area contributed by atoms with Gasteiger partial charge in [0.1, 0.15) is 12.6 Å². The van der Waals surface area contributed by atoms with Crippen molar-refractivity contribution in [2.45, 2.75) is 31.6 Å². The first-order valence-electron chi connectivity index (χ1n) is 10.5. The van der Waals surface area contributed by atoms with Crippen molar-refractivity contribution >= 4 is 5.90 Å². The minimum absolute atomic E-state index is 0.0524. The lowest BCUT2D eigenvalue weighted by Gasteiger charge is -2.30. The van der Waals surface area contributed by atoms with Gasteiger partial charge in [0.2, 0.25) is 5.90 Å². The van der Waals surface area contributed by atoms with Crippen molar-refractivity contribution < 1.29 is 4.74 Å². The molecule has 1 heterocycles. The molecule has 3 heteroatoms. The molecule has 0 N–H and O–H groups in total. The Morgan fingerprint density at radius 1 is 0.867 bits per heavy atom. The third-order valence-corrected chi connectivity index (χ3v) is 5.43. The maximum absolute atomic E-state index is 6.15. The zero-order valence-electron chi connectivity index (χ0n) is 17.2. The van der Waals surface area contributed by atoms with Gasteiger partial charge in [0.05, 0.1) is 6.04 Å². The Labute approximate surface area is 179 Å². The summed E-state index contributed by atoms with van der Waals surface area (Å²) in [5.74, 6) is 0.815. The average molecular weight is 397 g/mol. The monoisotopic (exact) mass is 396 g/mol. The van der Waals surface area contributed by atoms with Crippen LogP contribution in [0.3, 0.4) is 0 Å². The Balaban J connectivity index is 1.62. The van der Waals surface area contributed by atoms with Gasteiger partial charge < -0.3 is 4.74 Å². The second-order valence-corrected chi connectivity index (χ2v) is 7.62. The molecule has 1 aliphatic heterocycles. The van der Waals surface area contributed by atoms with Crippen molar-refractivity contribution in [1.29, 1.82) is 0 Å². The fraction of sp³-hybridized carbons (Fsp3) is 0.222. The molecule has 0 saturated carbocycles. The van der Waals surface area contributed by atoms with Gasteiger partial charge in [0, 0.05) is 13.1 Å². The molecule has 3 aromatic carbocycles. The van der Waals surface area contributed by atoms with Crippen molar-refractivity contribution in [2.75, 3.05) is 6.61 Å². The van der Waals surface area contributed by atoms with E-state index in [-0.39, 0.29) is 12.1 Å². The zero-order valence-corrected chi connectivity index (χ0v) is 17.2. The van der Waals surface area contributed by atoms with Crippen LogP contribution < -0.4 is 0 Å². The van der Waals surface area contributed by atoms with Crippen molar-refractivity contribution in [3.8, 4) is 0 Å². The molecule has 0 unspecified atom stereocenters. The molecule has 4 rings (SSSR count). The van der Waals surface area contributed by atoms with Crippen LogP contribution in [0.5, 0.6) is 0 Å². The van der Waals surface area contributed by atoms with E-state index in [4.69, 9.17) is 9.73 Å². The van der Waals surface area contributed by atoms with Crippen molar-refractivity contribution in [3.63, 3.8) is 0 Å². The lowest BCUT2D eigenvalue weighted by atomic mass is 10.1. The van der Waals surface area contributed by atoms with Gasteiger partial charge in [0.25, 0.3) is 0 Å². The SMILES string of the molecule is C=CC[C@@H](C1=N[C@H](c2ccccc2)CO1)N(Cc1ccccc1)Cc1ccccc1. The Hall–Kier alpha value is -3.17. The van der Waals surface area contributed by atoms with E-state index in [0.29, 0.717) is 6.61 Å². The van der Waals surface area contributed by atoms with Crippen molar-refractivity contribution in [1.82, 2.24) is 4.90 Å². The number of hydrogen-bond donors (Lipinski definition) is 0. The van der Waals surface area contributed by atoms with Gasteiger partial charge in [-0.1, -0.05) is 97.1 Å². The number of nitrogens with zero attached hydrogens (tertiary/aromatic N) is 2. The van der Waals surface area contributed by atoms with Crippen LogP contribution in [-0.4, -0.2) is 23.4 Å². The van der Waals surface area contributed by atoms with Crippen molar-refractivity contribution in [3.05, 3.63) is 120 Å². The molecule has 30 heavy (non-hydrogen) atoms. The Morgan fingerprint density at radius 2 is 1.40 bits per heavy atom. The normalized spacial score (nSPS) is 16.7. The molecule has 0 spiro atoms. The molecule has 0 radical (unpaired) electrons. The molecular formula is C27H28N2O. The van der Waals surface area contributed by atoms with E-state index in [1.165, 1.54) is 16.7 Å². The fourth-order valence-corrected chi connectivity index (χ4v) is 3.90. The predicted molar refractivity (Wildman–Crippen MR) is 123 cm³/mol. The van der Waals surface area contributed by atoms with E-state index >= 15 is 0 Å². The highest BCUT2D eigenvalue weighted by molar-refractivity contribution is 5.83. The van der Waals surface area contributed by atoms with Gasteiger partial charge in [-0.05, 0) is 23.1 Å². The van der Waals surface area contributed by atoms with E-state index in [1.54, 1.807) is 0 Å². The summed E-state index contributed by atoms with van der Waals surface area (Å²) in [6, 6.07) is 31.7. The zero-order chi connectivity index (χ0) is 20.6. The van der Waals surface area contributed by atoms with E-state index < -0.39 is 0 Å². The van der Waals surface area contributed by atoms with Crippen LogP contribution in [0.25, 0.3) is 0 Å². The highest BCUT2D eigenvalue weighted by Crippen LogP contribution is 2.27. The highest BCUT2D eigenvalue weighted by Gasteiger charge is 2.30. The van der Waals surface area contributed by atoms with Gasteiger partial charge in [-0.15, -0.1) is 6.58 Å². The third-order valence-electron chi connectivity index (χ3n) is 5.43. The largest absolute Gasteiger partial charge is 0.477 e. The van der Waals surface area contributed by atoms with Crippen LogP contribution in [0, 0.1) is 0 Å². The average Bonchev–Trinajstić information content (AvgIpc) is 3.29. The molecule has 1 aliphatic rings. The second-order valence-electron chi connectivity index (χ2n) is 7.62. The summed E-state index contributed by atoms with van der Waals surface area (Å²) in [4.78, 5) is 7.43. The summed E-state index contributed by atoms with van der Waals surface area (Å²) in [5, 5.41) is 0. The maximum Gasteiger partial charge on any atom is 0.202 e. The first-order chi connectivity index (χ1) is 14.8. The summed E-state index contributed by atoms with van der Waals surface area (Å²) in [7, 11) is 0. The Bertz CT molecular complexity index is 912. The molecular weight excluding hydrogens is 368 g/mol. The van der Waals surface area contributed by atoms with Crippen LogP contribution in [-0.2, 0) is 17.8 Å². The molecule has 0 aliphatic carbocycles. The molecule has 0 bridgehead atoms. The standard InChI is InChI=1S/C27H28N2O/c1-2-12-26(27-28-25(21-30-27)24-17-10-5-11-18-24)29(19-22-13-6-3-7-14-22)20-23-15-8-4-9-16-23/h2-11,13-18,25-26H,1,12,19-21H2/t25-,26-/m0/s1. The number of aliphatic imine (C=N–C) groups is 1. The van der Waals surface area contributed by atoms with E-state index in [1.807, 2.05) is 12.1 Å². The first kappa shape index (κ1) is 20.1.